The molecule has 1 aromatic heterocycles. The minimum Gasteiger partial charge on any atom is -0.455 e. The van der Waals surface area contributed by atoms with E-state index < -0.39 is 0 Å². The van der Waals surface area contributed by atoms with Crippen molar-refractivity contribution in [2.75, 3.05) is 0 Å². The average molecular weight is 405 g/mol. The van der Waals surface area contributed by atoms with Gasteiger partial charge in [-0.2, -0.15) is 0 Å². The molecule has 0 fully saturated rings. The van der Waals surface area contributed by atoms with Crippen molar-refractivity contribution >= 4 is 44.3 Å². The topological polar surface area (TPSA) is 13.1 Å². The summed E-state index contributed by atoms with van der Waals surface area (Å²) in [6.07, 6.45) is 0. The highest BCUT2D eigenvalue weighted by Gasteiger charge is 2.16. The summed E-state index contributed by atoms with van der Waals surface area (Å²) in [6.45, 7) is 0. The first kappa shape index (κ1) is 17.3. The van der Waals surface area contributed by atoms with Crippen LogP contribution in [0.25, 0.3) is 55.0 Å². The number of furan rings is 1. The van der Waals surface area contributed by atoms with E-state index in [1.54, 1.807) is 0 Å². The zero-order chi connectivity index (χ0) is 20.1. The van der Waals surface area contributed by atoms with E-state index in [2.05, 4.69) is 84.9 Å². The summed E-state index contributed by atoms with van der Waals surface area (Å²) in [5.74, 6) is 0. The molecule has 0 aliphatic heterocycles. The Morgan fingerprint density at radius 1 is 0.567 bits per heavy atom. The maximum atomic E-state index is 6.66. The quantitative estimate of drug-likeness (QED) is 0.281. The third kappa shape index (κ3) is 2.71. The van der Waals surface area contributed by atoms with E-state index in [4.69, 9.17) is 16.0 Å². The molecule has 1 nitrogen and oxygen atoms in total. The first-order chi connectivity index (χ1) is 14.8. The summed E-state index contributed by atoms with van der Waals surface area (Å²) in [5, 5.41) is 5.07. The van der Waals surface area contributed by atoms with E-state index in [1.807, 2.05) is 18.2 Å². The molecule has 6 rings (SSSR count). The van der Waals surface area contributed by atoms with Crippen LogP contribution >= 0.6 is 11.6 Å². The van der Waals surface area contributed by atoms with Gasteiger partial charge >= 0.3 is 0 Å². The van der Waals surface area contributed by atoms with Crippen LogP contribution in [0.2, 0.25) is 5.02 Å². The largest absolute Gasteiger partial charge is 0.455 e. The minimum atomic E-state index is 0.710. The lowest BCUT2D eigenvalue weighted by molar-refractivity contribution is 0.670. The van der Waals surface area contributed by atoms with Crippen molar-refractivity contribution in [3.8, 4) is 22.3 Å². The summed E-state index contributed by atoms with van der Waals surface area (Å²) >= 11 is 6.66. The van der Waals surface area contributed by atoms with E-state index >= 15 is 0 Å². The maximum absolute atomic E-state index is 6.66. The summed E-state index contributed by atoms with van der Waals surface area (Å²) in [5.41, 5.74) is 6.22. The molecular formula is C28H17ClO. The van der Waals surface area contributed by atoms with Crippen molar-refractivity contribution in [3.05, 3.63) is 108 Å². The van der Waals surface area contributed by atoms with Crippen LogP contribution in [-0.4, -0.2) is 0 Å². The molecule has 0 N–H and O–H groups in total. The monoisotopic (exact) mass is 404 g/mol. The van der Waals surface area contributed by atoms with Crippen molar-refractivity contribution in [1.29, 1.82) is 0 Å². The number of fused-ring (bicyclic) bond motifs is 4. The number of hydrogen-bond donors (Lipinski definition) is 0. The molecule has 142 valence electrons. The van der Waals surface area contributed by atoms with Crippen molar-refractivity contribution in [1.82, 2.24) is 0 Å². The zero-order valence-corrected chi connectivity index (χ0v) is 16.9. The standard InChI is InChI=1S/C28H17ClO/c29-25-14-13-23(22-12-6-11-19(15-22)18-7-2-1-3-8-18)28-27(25)24-16-20-9-4-5-10-21(20)17-26(24)30-28/h1-17H. The minimum absolute atomic E-state index is 0.710. The Morgan fingerprint density at radius 2 is 1.27 bits per heavy atom. The van der Waals surface area contributed by atoms with Crippen LogP contribution in [0.3, 0.4) is 0 Å². The molecule has 5 aromatic carbocycles. The zero-order valence-electron chi connectivity index (χ0n) is 16.1. The molecule has 0 amide bonds. The lowest BCUT2D eigenvalue weighted by Gasteiger charge is -2.07. The average Bonchev–Trinajstić information content (AvgIpc) is 3.17. The smallest absolute Gasteiger partial charge is 0.144 e. The Balaban J connectivity index is 1.62. The lowest BCUT2D eigenvalue weighted by Crippen LogP contribution is -1.82. The molecular weight excluding hydrogens is 388 g/mol. The fourth-order valence-corrected chi connectivity index (χ4v) is 4.50. The maximum Gasteiger partial charge on any atom is 0.144 e. The van der Waals surface area contributed by atoms with Crippen LogP contribution in [0, 0.1) is 0 Å². The Kier molecular flexibility index (Phi) is 3.90. The molecule has 0 atom stereocenters. The van der Waals surface area contributed by atoms with Gasteiger partial charge in [0.05, 0.1) is 5.02 Å². The number of benzene rings is 5. The summed E-state index contributed by atoms with van der Waals surface area (Å²) in [6, 6.07) is 35.6. The molecule has 0 aliphatic rings. The molecule has 0 bridgehead atoms. The third-order valence-electron chi connectivity index (χ3n) is 5.72. The van der Waals surface area contributed by atoms with E-state index in [0.29, 0.717) is 5.02 Å². The van der Waals surface area contributed by atoms with Crippen LogP contribution in [0.4, 0.5) is 0 Å². The number of rotatable bonds is 2. The molecule has 0 aliphatic carbocycles. The van der Waals surface area contributed by atoms with Crippen LogP contribution in [0.15, 0.2) is 108 Å². The second kappa shape index (κ2) is 6.76. The summed E-state index contributed by atoms with van der Waals surface area (Å²) in [4.78, 5) is 0. The molecule has 1 heterocycles. The number of hydrogen-bond acceptors (Lipinski definition) is 1. The Hall–Kier alpha value is -3.55. The Bertz CT molecular complexity index is 1540. The van der Waals surface area contributed by atoms with Crippen molar-refractivity contribution in [2.45, 2.75) is 0 Å². The second-order valence-electron chi connectivity index (χ2n) is 7.54. The summed E-state index contributed by atoms with van der Waals surface area (Å²) in [7, 11) is 0. The van der Waals surface area contributed by atoms with Crippen LogP contribution in [0.1, 0.15) is 0 Å². The molecule has 30 heavy (non-hydrogen) atoms. The highest BCUT2D eigenvalue weighted by Crippen LogP contribution is 2.41. The first-order valence-corrected chi connectivity index (χ1v) is 10.3. The third-order valence-corrected chi connectivity index (χ3v) is 6.03. The van der Waals surface area contributed by atoms with Gasteiger partial charge in [0.15, 0.2) is 0 Å². The molecule has 0 saturated carbocycles. The van der Waals surface area contributed by atoms with Gasteiger partial charge in [0.2, 0.25) is 0 Å². The molecule has 2 heteroatoms. The fraction of sp³-hybridized carbons (Fsp3) is 0. The number of halogens is 1. The molecule has 0 unspecified atom stereocenters. The summed E-state index contributed by atoms with van der Waals surface area (Å²) < 4.78 is 6.39. The van der Waals surface area contributed by atoms with Crippen LogP contribution in [0.5, 0.6) is 0 Å². The predicted molar refractivity (Wildman–Crippen MR) is 127 cm³/mol. The van der Waals surface area contributed by atoms with Gasteiger partial charge in [-0.15, -0.1) is 0 Å². The van der Waals surface area contributed by atoms with Gasteiger partial charge < -0.3 is 4.42 Å². The highest BCUT2D eigenvalue weighted by atomic mass is 35.5. The van der Waals surface area contributed by atoms with Gasteiger partial charge in [-0.25, -0.2) is 0 Å². The molecule has 0 spiro atoms. The van der Waals surface area contributed by atoms with E-state index in [-0.39, 0.29) is 0 Å². The highest BCUT2D eigenvalue weighted by molar-refractivity contribution is 6.38. The van der Waals surface area contributed by atoms with Gasteiger partial charge in [0.1, 0.15) is 11.2 Å². The van der Waals surface area contributed by atoms with Crippen molar-refractivity contribution in [3.63, 3.8) is 0 Å². The van der Waals surface area contributed by atoms with Gasteiger partial charge in [-0.1, -0.05) is 84.4 Å². The fourth-order valence-electron chi connectivity index (χ4n) is 4.25. The SMILES string of the molecule is Clc1ccc(-c2cccc(-c3ccccc3)c2)c2oc3cc4ccccc4cc3c12. The van der Waals surface area contributed by atoms with E-state index in [1.165, 1.54) is 16.5 Å². The second-order valence-corrected chi connectivity index (χ2v) is 7.95. The molecule has 0 saturated heterocycles. The Morgan fingerprint density at radius 3 is 2.10 bits per heavy atom. The van der Waals surface area contributed by atoms with Gasteiger partial charge in [-0.05, 0) is 57.8 Å². The predicted octanol–water partition coefficient (Wildman–Crippen LogP) is 8.73. The van der Waals surface area contributed by atoms with Crippen LogP contribution in [-0.2, 0) is 0 Å². The van der Waals surface area contributed by atoms with E-state index in [9.17, 15) is 0 Å². The van der Waals surface area contributed by atoms with Gasteiger partial charge in [0.25, 0.3) is 0 Å². The first-order valence-electron chi connectivity index (χ1n) is 9.97. The lowest BCUT2D eigenvalue weighted by atomic mass is 9.97. The molecule has 0 radical (unpaired) electrons. The molecule has 6 aromatic rings. The van der Waals surface area contributed by atoms with Gasteiger partial charge in [0, 0.05) is 16.3 Å². The van der Waals surface area contributed by atoms with Crippen LogP contribution < -0.4 is 0 Å². The normalized spacial score (nSPS) is 11.5. The van der Waals surface area contributed by atoms with Crippen molar-refractivity contribution < 1.29 is 4.42 Å². The Labute approximate surface area is 179 Å². The van der Waals surface area contributed by atoms with E-state index in [0.717, 1.165) is 38.5 Å². The van der Waals surface area contributed by atoms with Crippen molar-refractivity contribution in [2.24, 2.45) is 0 Å². The van der Waals surface area contributed by atoms with Gasteiger partial charge in [-0.3, -0.25) is 0 Å².